The van der Waals surface area contributed by atoms with Crippen LogP contribution >= 0.6 is 0 Å². The summed E-state index contributed by atoms with van der Waals surface area (Å²) in [6.07, 6.45) is -3.24. The molecule has 16 heavy (non-hydrogen) atoms. The molecule has 0 spiro atoms. The van der Waals surface area contributed by atoms with Crippen molar-refractivity contribution in [1.82, 2.24) is 5.32 Å². The molecule has 9 heteroatoms. The minimum atomic E-state index is -5.85. The highest BCUT2D eigenvalue weighted by molar-refractivity contribution is 7.86. The van der Waals surface area contributed by atoms with Gasteiger partial charge < -0.3 is 5.32 Å². The van der Waals surface area contributed by atoms with E-state index in [1.54, 1.807) is 5.32 Å². The molecule has 0 bridgehead atoms. The Labute approximate surface area is 90.1 Å². The molecule has 1 atom stereocenters. The van der Waals surface area contributed by atoms with Gasteiger partial charge in [0.05, 0.1) is 6.54 Å². The number of amides is 1. The SMILES string of the molecule is C=C(C)C(=O)NCC(F)C(F)(F)S(=O)(=O)O. The van der Waals surface area contributed by atoms with Gasteiger partial charge in [0.25, 0.3) is 0 Å². The Balaban J connectivity index is 4.55. The first-order valence-electron chi connectivity index (χ1n) is 3.92. The third-order valence-corrected chi connectivity index (χ3v) is 2.48. The molecule has 0 aromatic rings. The lowest BCUT2D eigenvalue weighted by atomic mass is 10.3. The van der Waals surface area contributed by atoms with Crippen LogP contribution in [-0.2, 0) is 14.9 Å². The van der Waals surface area contributed by atoms with Crippen LogP contribution in [0.5, 0.6) is 0 Å². The maximum absolute atomic E-state index is 12.8. The van der Waals surface area contributed by atoms with Gasteiger partial charge in [-0.25, -0.2) is 4.39 Å². The zero-order valence-corrected chi connectivity index (χ0v) is 9.02. The number of carbonyl (C=O) groups excluding carboxylic acids is 1. The molecule has 0 saturated carbocycles. The van der Waals surface area contributed by atoms with E-state index in [1.165, 1.54) is 6.92 Å². The van der Waals surface area contributed by atoms with Crippen LogP contribution in [0, 0.1) is 0 Å². The maximum atomic E-state index is 12.8. The quantitative estimate of drug-likeness (QED) is 0.557. The zero-order chi connectivity index (χ0) is 13.1. The van der Waals surface area contributed by atoms with Gasteiger partial charge in [-0.05, 0) is 6.92 Å². The number of alkyl halides is 3. The van der Waals surface area contributed by atoms with E-state index >= 15 is 0 Å². The highest BCUT2D eigenvalue weighted by atomic mass is 32.2. The molecule has 94 valence electrons. The fourth-order valence-corrected chi connectivity index (χ4v) is 1.02. The van der Waals surface area contributed by atoms with E-state index in [0.29, 0.717) is 0 Å². The van der Waals surface area contributed by atoms with Crippen LogP contribution in [0.4, 0.5) is 13.2 Å². The molecule has 0 fully saturated rings. The van der Waals surface area contributed by atoms with Gasteiger partial charge in [-0.2, -0.15) is 17.2 Å². The second-order valence-corrected chi connectivity index (χ2v) is 4.49. The van der Waals surface area contributed by atoms with Crippen molar-refractivity contribution < 1.29 is 30.9 Å². The number of hydrogen-bond donors (Lipinski definition) is 2. The Morgan fingerprint density at radius 3 is 2.31 bits per heavy atom. The fourth-order valence-electron chi connectivity index (χ4n) is 0.614. The summed E-state index contributed by atoms with van der Waals surface area (Å²) in [7, 11) is -5.85. The number of hydrogen-bond acceptors (Lipinski definition) is 3. The molecule has 0 aromatic carbocycles. The van der Waals surface area contributed by atoms with E-state index in [2.05, 4.69) is 6.58 Å². The van der Waals surface area contributed by atoms with Crippen LogP contribution < -0.4 is 5.32 Å². The summed E-state index contributed by atoms with van der Waals surface area (Å²) < 4.78 is 66.2. The smallest absolute Gasteiger partial charge is 0.349 e. The largest absolute Gasteiger partial charge is 0.401 e. The van der Waals surface area contributed by atoms with Crippen LogP contribution in [0.3, 0.4) is 0 Å². The van der Waals surface area contributed by atoms with Crippen molar-refractivity contribution in [2.75, 3.05) is 6.54 Å². The summed E-state index contributed by atoms with van der Waals surface area (Å²) in [4.78, 5) is 10.8. The minimum Gasteiger partial charge on any atom is -0.349 e. The summed E-state index contributed by atoms with van der Waals surface area (Å²) in [6, 6.07) is 0. The van der Waals surface area contributed by atoms with Gasteiger partial charge in [0, 0.05) is 5.57 Å². The second kappa shape index (κ2) is 4.83. The lowest BCUT2D eigenvalue weighted by molar-refractivity contribution is -0.118. The Morgan fingerprint density at radius 1 is 1.56 bits per heavy atom. The van der Waals surface area contributed by atoms with E-state index in [0.717, 1.165) is 0 Å². The van der Waals surface area contributed by atoms with Crippen molar-refractivity contribution in [3.8, 4) is 0 Å². The molecule has 0 rings (SSSR count). The lowest BCUT2D eigenvalue weighted by Crippen LogP contribution is -2.45. The molecule has 0 radical (unpaired) electrons. The highest BCUT2D eigenvalue weighted by Gasteiger charge is 2.52. The van der Waals surface area contributed by atoms with E-state index in [9.17, 15) is 26.4 Å². The first-order chi connectivity index (χ1) is 7.00. The second-order valence-electron chi connectivity index (χ2n) is 2.99. The van der Waals surface area contributed by atoms with Crippen LogP contribution in [-0.4, -0.2) is 36.8 Å². The third-order valence-electron chi connectivity index (χ3n) is 1.54. The summed E-state index contributed by atoms with van der Waals surface area (Å²) in [5.74, 6) is -0.895. The Hall–Kier alpha value is -1.09. The van der Waals surface area contributed by atoms with Crippen LogP contribution in [0.1, 0.15) is 6.92 Å². The molecule has 0 aliphatic carbocycles. The van der Waals surface area contributed by atoms with Crippen LogP contribution in [0.15, 0.2) is 12.2 Å². The molecule has 0 saturated heterocycles. The van der Waals surface area contributed by atoms with Crippen molar-refractivity contribution in [2.24, 2.45) is 0 Å². The molecule has 0 aromatic heterocycles. The monoisotopic (exact) mass is 261 g/mol. The summed E-state index contributed by atoms with van der Waals surface area (Å²) in [6.45, 7) is 3.16. The molecule has 0 heterocycles. The van der Waals surface area contributed by atoms with Gasteiger partial charge in [-0.3, -0.25) is 9.35 Å². The topological polar surface area (TPSA) is 83.5 Å². The number of carbonyl (C=O) groups is 1. The average Bonchev–Trinajstić information content (AvgIpc) is 2.11. The van der Waals surface area contributed by atoms with Crippen molar-refractivity contribution in [3.63, 3.8) is 0 Å². The van der Waals surface area contributed by atoms with E-state index < -0.39 is 34.0 Å². The van der Waals surface area contributed by atoms with Gasteiger partial charge in [-0.1, -0.05) is 6.58 Å². The molecule has 1 amide bonds. The fraction of sp³-hybridized carbons (Fsp3) is 0.571. The maximum Gasteiger partial charge on any atom is 0.401 e. The minimum absolute atomic E-state index is 0.0534. The lowest BCUT2D eigenvalue weighted by Gasteiger charge is -2.17. The van der Waals surface area contributed by atoms with Gasteiger partial charge >= 0.3 is 15.4 Å². The van der Waals surface area contributed by atoms with Crippen LogP contribution in [0.25, 0.3) is 0 Å². The van der Waals surface area contributed by atoms with E-state index in [1.807, 2.05) is 0 Å². The predicted octanol–water partition coefficient (Wildman–Crippen LogP) is 0.497. The standard InChI is InChI=1S/C7H10F3NO4S/c1-4(2)6(12)11-3-5(8)7(9,10)16(13,14)15/h5H,1,3H2,2H3,(H,11,12)(H,13,14,15). The van der Waals surface area contributed by atoms with Crippen molar-refractivity contribution in [3.05, 3.63) is 12.2 Å². The van der Waals surface area contributed by atoms with Gasteiger partial charge in [-0.15, -0.1) is 0 Å². The van der Waals surface area contributed by atoms with Crippen LogP contribution in [0.2, 0.25) is 0 Å². The Morgan fingerprint density at radius 2 is 2.00 bits per heavy atom. The molecule has 2 N–H and O–H groups in total. The first kappa shape index (κ1) is 14.9. The van der Waals surface area contributed by atoms with Crippen molar-refractivity contribution >= 4 is 16.0 Å². The van der Waals surface area contributed by atoms with E-state index in [-0.39, 0.29) is 5.57 Å². The zero-order valence-electron chi connectivity index (χ0n) is 8.21. The molecule has 1 unspecified atom stereocenters. The summed E-state index contributed by atoms with van der Waals surface area (Å²) >= 11 is 0. The normalized spacial score (nSPS) is 14.3. The first-order valence-corrected chi connectivity index (χ1v) is 5.36. The summed E-state index contributed by atoms with van der Waals surface area (Å²) in [5.41, 5.74) is -0.0534. The summed E-state index contributed by atoms with van der Waals surface area (Å²) in [5, 5.41) is -3.27. The van der Waals surface area contributed by atoms with Gasteiger partial charge in [0.1, 0.15) is 0 Å². The Kier molecular flexibility index (Phi) is 4.50. The average molecular weight is 261 g/mol. The molecular weight excluding hydrogens is 251 g/mol. The van der Waals surface area contributed by atoms with Gasteiger partial charge in [0.15, 0.2) is 6.17 Å². The third kappa shape index (κ3) is 3.49. The number of halogens is 3. The van der Waals surface area contributed by atoms with Gasteiger partial charge in [0.2, 0.25) is 5.91 Å². The molecule has 0 aliphatic heterocycles. The molecule has 5 nitrogen and oxygen atoms in total. The van der Waals surface area contributed by atoms with Crippen molar-refractivity contribution in [1.29, 1.82) is 0 Å². The van der Waals surface area contributed by atoms with E-state index in [4.69, 9.17) is 4.55 Å². The van der Waals surface area contributed by atoms with Crippen molar-refractivity contribution in [2.45, 2.75) is 18.3 Å². The number of nitrogens with one attached hydrogen (secondary N) is 1. The number of rotatable bonds is 5. The molecular formula is C7H10F3NO4S. The predicted molar refractivity (Wildman–Crippen MR) is 49.2 cm³/mol. The Bertz CT molecular complexity index is 392. The molecule has 0 aliphatic rings. The highest BCUT2D eigenvalue weighted by Crippen LogP contribution is 2.26.